The number of hydrogen-bond acceptors (Lipinski definition) is 3. The first-order valence-electron chi connectivity index (χ1n) is 4.20. The Bertz CT molecular complexity index is 438. The van der Waals surface area contributed by atoms with Crippen LogP contribution in [0.3, 0.4) is 0 Å². The van der Waals surface area contributed by atoms with Crippen molar-refractivity contribution in [1.82, 2.24) is 0 Å². The van der Waals surface area contributed by atoms with Crippen molar-refractivity contribution in [2.75, 3.05) is 11.9 Å². The molecule has 0 aliphatic carbocycles. The fourth-order valence-electron chi connectivity index (χ4n) is 1.09. The highest BCUT2D eigenvalue weighted by atomic mass is 35.5. The minimum absolute atomic E-state index is 0.226. The first-order valence-corrected chi connectivity index (χ1v) is 4.58. The molecule has 1 aromatic rings. The summed E-state index contributed by atoms with van der Waals surface area (Å²) in [5.41, 5.74) is 1.62. The van der Waals surface area contributed by atoms with Gasteiger partial charge in [0.2, 0.25) is 0 Å². The van der Waals surface area contributed by atoms with E-state index in [4.69, 9.17) is 22.0 Å². The number of nitrogens with zero attached hydrogens (tertiary/aromatic N) is 1. The SMILES string of the molecule is Cc1cc(NCC(=O)O)c(C#N)cc1Cl. The number of rotatable bonds is 3. The zero-order valence-corrected chi connectivity index (χ0v) is 8.80. The molecule has 2 N–H and O–H groups in total. The van der Waals surface area contributed by atoms with Gasteiger partial charge in [0, 0.05) is 5.02 Å². The highest BCUT2D eigenvalue weighted by molar-refractivity contribution is 6.31. The molecule has 0 amide bonds. The Balaban J connectivity index is 3.01. The van der Waals surface area contributed by atoms with Gasteiger partial charge in [0.15, 0.2) is 0 Å². The lowest BCUT2D eigenvalue weighted by Crippen LogP contribution is -2.13. The molecule has 15 heavy (non-hydrogen) atoms. The van der Waals surface area contributed by atoms with Crippen LogP contribution in [0, 0.1) is 18.3 Å². The van der Waals surface area contributed by atoms with E-state index in [9.17, 15) is 4.79 Å². The van der Waals surface area contributed by atoms with Gasteiger partial charge in [-0.3, -0.25) is 4.79 Å². The molecule has 0 aliphatic rings. The number of hydrogen-bond donors (Lipinski definition) is 2. The quantitative estimate of drug-likeness (QED) is 0.824. The third-order valence-corrected chi connectivity index (χ3v) is 2.26. The van der Waals surface area contributed by atoms with Crippen LogP contribution in [-0.4, -0.2) is 17.6 Å². The van der Waals surface area contributed by atoms with E-state index in [2.05, 4.69) is 5.32 Å². The molecule has 0 fully saturated rings. The summed E-state index contributed by atoms with van der Waals surface area (Å²) in [6, 6.07) is 5.12. The molecular weight excluding hydrogens is 216 g/mol. The predicted molar refractivity (Wildman–Crippen MR) is 57.0 cm³/mol. The average molecular weight is 225 g/mol. The van der Waals surface area contributed by atoms with Crippen molar-refractivity contribution in [3.63, 3.8) is 0 Å². The van der Waals surface area contributed by atoms with Crippen LogP contribution in [0.1, 0.15) is 11.1 Å². The monoisotopic (exact) mass is 224 g/mol. The van der Waals surface area contributed by atoms with Gasteiger partial charge in [-0.05, 0) is 24.6 Å². The maximum atomic E-state index is 10.4. The predicted octanol–water partition coefficient (Wildman–Crippen LogP) is 2.02. The molecule has 0 saturated carbocycles. The normalized spacial score (nSPS) is 9.40. The Morgan fingerprint density at radius 2 is 2.33 bits per heavy atom. The number of aryl methyl sites for hydroxylation is 1. The van der Waals surface area contributed by atoms with E-state index >= 15 is 0 Å². The van der Waals surface area contributed by atoms with Crippen molar-refractivity contribution in [2.24, 2.45) is 0 Å². The lowest BCUT2D eigenvalue weighted by atomic mass is 10.1. The van der Waals surface area contributed by atoms with Crippen LogP contribution in [0.15, 0.2) is 12.1 Å². The topological polar surface area (TPSA) is 73.1 Å². The van der Waals surface area contributed by atoms with Gasteiger partial charge in [-0.25, -0.2) is 0 Å². The number of halogens is 1. The maximum Gasteiger partial charge on any atom is 0.322 e. The molecule has 0 bridgehead atoms. The van der Waals surface area contributed by atoms with Crippen molar-refractivity contribution in [3.8, 4) is 6.07 Å². The maximum absolute atomic E-state index is 10.4. The van der Waals surface area contributed by atoms with Gasteiger partial charge in [0.1, 0.15) is 12.6 Å². The standard InChI is InChI=1S/C10H9ClN2O2/c1-6-2-9(13-5-10(14)15)7(4-12)3-8(6)11/h2-3,13H,5H2,1H3,(H,14,15). The fourth-order valence-corrected chi connectivity index (χ4v) is 1.25. The van der Waals surface area contributed by atoms with Crippen molar-refractivity contribution < 1.29 is 9.90 Å². The van der Waals surface area contributed by atoms with Crippen LogP contribution in [-0.2, 0) is 4.79 Å². The first-order chi connectivity index (χ1) is 7.04. The average Bonchev–Trinajstić information content (AvgIpc) is 2.19. The number of anilines is 1. The Morgan fingerprint density at radius 1 is 1.67 bits per heavy atom. The molecule has 0 spiro atoms. The van der Waals surface area contributed by atoms with Crippen LogP contribution in [0.25, 0.3) is 0 Å². The van der Waals surface area contributed by atoms with E-state index < -0.39 is 5.97 Å². The van der Waals surface area contributed by atoms with Crippen molar-refractivity contribution in [2.45, 2.75) is 6.92 Å². The summed E-state index contributed by atoms with van der Waals surface area (Å²) in [5.74, 6) is -0.980. The molecule has 1 rings (SSSR count). The number of carboxylic acids is 1. The molecule has 0 radical (unpaired) electrons. The fraction of sp³-hybridized carbons (Fsp3) is 0.200. The summed E-state index contributed by atoms with van der Waals surface area (Å²) in [6.07, 6.45) is 0. The second-order valence-corrected chi connectivity index (χ2v) is 3.41. The van der Waals surface area contributed by atoms with E-state index in [-0.39, 0.29) is 6.54 Å². The third kappa shape index (κ3) is 2.86. The Kier molecular flexibility index (Phi) is 3.53. The number of carbonyl (C=O) groups is 1. The molecular formula is C10H9ClN2O2. The molecule has 5 heteroatoms. The van der Waals surface area contributed by atoms with Crippen molar-refractivity contribution in [3.05, 3.63) is 28.3 Å². The van der Waals surface area contributed by atoms with Crippen LogP contribution in [0.2, 0.25) is 5.02 Å². The lowest BCUT2D eigenvalue weighted by Gasteiger charge is -2.07. The first kappa shape index (κ1) is 11.3. The van der Waals surface area contributed by atoms with E-state index in [0.29, 0.717) is 16.3 Å². The van der Waals surface area contributed by atoms with Gasteiger partial charge in [0.05, 0.1) is 11.3 Å². The summed E-state index contributed by atoms with van der Waals surface area (Å²) in [4.78, 5) is 10.4. The van der Waals surface area contributed by atoms with E-state index in [1.165, 1.54) is 6.07 Å². The molecule has 4 nitrogen and oxygen atoms in total. The largest absolute Gasteiger partial charge is 0.480 e. The van der Waals surface area contributed by atoms with Crippen molar-refractivity contribution >= 4 is 23.3 Å². The second kappa shape index (κ2) is 4.67. The molecule has 0 saturated heterocycles. The smallest absolute Gasteiger partial charge is 0.322 e. The minimum Gasteiger partial charge on any atom is -0.480 e. The van der Waals surface area contributed by atoms with Gasteiger partial charge in [-0.2, -0.15) is 5.26 Å². The second-order valence-electron chi connectivity index (χ2n) is 3.01. The molecule has 0 aliphatic heterocycles. The lowest BCUT2D eigenvalue weighted by molar-refractivity contribution is -0.134. The van der Waals surface area contributed by atoms with Crippen LogP contribution in [0.5, 0.6) is 0 Å². The summed E-state index contributed by atoms with van der Waals surface area (Å²) in [7, 11) is 0. The van der Waals surface area contributed by atoms with Gasteiger partial charge < -0.3 is 10.4 Å². The van der Waals surface area contributed by atoms with E-state index in [1.807, 2.05) is 6.07 Å². The van der Waals surface area contributed by atoms with Gasteiger partial charge >= 0.3 is 5.97 Å². The molecule has 0 unspecified atom stereocenters. The molecule has 78 valence electrons. The Morgan fingerprint density at radius 3 is 2.87 bits per heavy atom. The number of nitriles is 1. The van der Waals surface area contributed by atoms with Crippen LogP contribution in [0.4, 0.5) is 5.69 Å². The highest BCUT2D eigenvalue weighted by Crippen LogP contribution is 2.23. The molecule has 0 heterocycles. The third-order valence-electron chi connectivity index (χ3n) is 1.85. The van der Waals surface area contributed by atoms with Crippen LogP contribution >= 0.6 is 11.6 Å². The van der Waals surface area contributed by atoms with E-state index in [0.717, 1.165) is 5.56 Å². The van der Waals surface area contributed by atoms with Crippen molar-refractivity contribution in [1.29, 1.82) is 5.26 Å². The van der Waals surface area contributed by atoms with Crippen LogP contribution < -0.4 is 5.32 Å². The highest BCUT2D eigenvalue weighted by Gasteiger charge is 2.06. The molecule has 0 atom stereocenters. The Labute approximate surface area is 92.1 Å². The summed E-state index contributed by atoms with van der Waals surface area (Å²) in [5, 5.41) is 20.4. The summed E-state index contributed by atoms with van der Waals surface area (Å²) < 4.78 is 0. The van der Waals surface area contributed by atoms with E-state index in [1.54, 1.807) is 13.0 Å². The Hall–Kier alpha value is -1.73. The number of carboxylic acid groups (broad SMARTS) is 1. The number of benzene rings is 1. The molecule has 0 aromatic heterocycles. The zero-order chi connectivity index (χ0) is 11.4. The number of aliphatic carboxylic acids is 1. The number of nitrogens with one attached hydrogen (secondary N) is 1. The van der Waals surface area contributed by atoms with Gasteiger partial charge in [-0.15, -0.1) is 0 Å². The molecule has 1 aromatic carbocycles. The minimum atomic E-state index is -0.980. The summed E-state index contributed by atoms with van der Waals surface area (Å²) >= 11 is 5.83. The zero-order valence-electron chi connectivity index (χ0n) is 8.04. The summed E-state index contributed by atoms with van der Waals surface area (Å²) in [6.45, 7) is 1.56. The van der Waals surface area contributed by atoms with Gasteiger partial charge in [-0.1, -0.05) is 11.6 Å². The van der Waals surface area contributed by atoms with Gasteiger partial charge in [0.25, 0.3) is 0 Å².